The van der Waals surface area contributed by atoms with Crippen molar-refractivity contribution in [3.8, 4) is 0 Å². The van der Waals surface area contributed by atoms with Gasteiger partial charge in [0.25, 0.3) is 0 Å². The van der Waals surface area contributed by atoms with Crippen LogP contribution >= 0.6 is 11.3 Å². The Hall–Kier alpha value is -0.450. The van der Waals surface area contributed by atoms with Crippen LogP contribution in [0.5, 0.6) is 0 Å². The Kier molecular flexibility index (Phi) is 4.75. The van der Waals surface area contributed by atoms with Gasteiger partial charge in [-0.15, -0.1) is 11.3 Å². The van der Waals surface area contributed by atoms with E-state index in [1.807, 2.05) is 11.7 Å². The molecule has 0 radical (unpaired) electrons. The van der Waals surface area contributed by atoms with Crippen molar-refractivity contribution in [3.05, 3.63) is 16.6 Å². The molecule has 0 bridgehead atoms. The minimum Gasteiger partial charge on any atom is -0.381 e. The Morgan fingerprint density at radius 2 is 2.38 bits per heavy atom. The number of aromatic nitrogens is 1. The summed E-state index contributed by atoms with van der Waals surface area (Å²) >= 11 is 1.76. The molecule has 3 nitrogen and oxygen atoms in total. The van der Waals surface area contributed by atoms with Crippen LogP contribution in [-0.2, 0) is 4.74 Å². The minimum atomic E-state index is 0.483. The maximum absolute atomic E-state index is 5.43. The first kappa shape index (κ1) is 12.0. The highest BCUT2D eigenvalue weighted by Crippen LogP contribution is 2.31. The quantitative estimate of drug-likeness (QED) is 0.859. The van der Waals surface area contributed by atoms with Crippen molar-refractivity contribution in [1.82, 2.24) is 10.3 Å². The summed E-state index contributed by atoms with van der Waals surface area (Å²) in [6.07, 6.45) is 5.52. The van der Waals surface area contributed by atoms with Crippen LogP contribution in [0.15, 0.2) is 11.7 Å². The van der Waals surface area contributed by atoms with E-state index < -0.39 is 0 Å². The van der Waals surface area contributed by atoms with Gasteiger partial charge in [-0.1, -0.05) is 6.92 Å². The third-order valence-electron chi connectivity index (χ3n) is 3.11. The average molecular weight is 240 g/mol. The first-order chi connectivity index (χ1) is 7.92. The van der Waals surface area contributed by atoms with Crippen molar-refractivity contribution >= 4 is 11.3 Å². The summed E-state index contributed by atoms with van der Waals surface area (Å²) in [4.78, 5) is 5.57. The summed E-state index contributed by atoms with van der Waals surface area (Å²) in [6.45, 7) is 5.11. The topological polar surface area (TPSA) is 34.2 Å². The lowest BCUT2D eigenvalue weighted by atomic mass is 9.91. The third-order valence-corrected chi connectivity index (χ3v) is 3.97. The fourth-order valence-corrected chi connectivity index (χ4v) is 3.02. The molecule has 90 valence electrons. The van der Waals surface area contributed by atoms with Gasteiger partial charge in [0.05, 0.1) is 5.51 Å². The highest BCUT2D eigenvalue weighted by Gasteiger charge is 2.25. The standard InChI is InChI=1S/C12H20N2OS/c1-2-5-14-12(11-8-13-9-16-11)10-3-6-15-7-4-10/h8-10,12,14H,2-7H2,1H3. The lowest BCUT2D eigenvalue weighted by Gasteiger charge is -2.30. The molecule has 4 heteroatoms. The fraction of sp³-hybridized carbons (Fsp3) is 0.750. The molecular formula is C12H20N2OS. The van der Waals surface area contributed by atoms with E-state index in [9.17, 15) is 0 Å². The third kappa shape index (κ3) is 3.03. The van der Waals surface area contributed by atoms with Crippen LogP contribution in [-0.4, -0.2) is 24.7 Å². The van der Waals surface area contributed by atoms with E-state index in [-0.39, 0.29) is 0 Å². The van der Waals surface area contributed by atoms with Crippen LogP contribution in [0.1, 0.15) is 37.1 Å². The van der Waals surface area contributed by atoms with Gasteiger partial charge in [-0.2, -0.15) is 0 Å². The van der Waals surface area contributed by atoms with E-state index >= 15 is 0 Å². The van der Waals surface area contributed by atoms with Crippen molar-refractivity contribution in [2.45, 2.75) is 32.2 Å². The molecule has 2 heterocycles. The van der Waals surface area contributed by atoms with Crippen LogP contribution in [0, 0.1) is 5.92 Å². The van der Waals surface area contributed by atoms with Gasteiger partial charge in [0.15, 0.2) is 0 Å². The molecule has 1 aromatic rings. The summed E-state index contributed by atoms with van der Waals surface area (Å²) < 4.78 is 5.43. The summed E-state index contributed by atoms with van der Waals surface area (Å²) in [5.74, 6) is 0.709. The lowest BCUT2D eigenvalue weighted by molar-refractivity contribution is 0.0540. The van der Waals surface area contributed by atoms with Gasteiger partial charge in [-0.05, 0) is 31.7 Å². The van der Waals surface area contributed by atoms with E-state index in [4.69, 9.17) is 4.74 Å². The number of nitrogens with one attached hydrogen (secondary N) is 1. The van der Waals surface area contributed by atoms with Crippen LogP contribution in [0.3, 0.4) is 0 Å². The summed E-state index contributed by atoms with van der Waals surface area (Å²) in [5, 5.41) is 3.66. The van der Waals surface area contributed by atoms with Gasteiger partial charge in [-0.3, -0.25) is 4.98 Å². The Bertz CT molecular complexity index is 283. The highest BCUT2D eigenvalue weighted by molar-refractivity contribution is 7.09. The van der Waals surface area contributed by atoms with Gasteiger partial charge >= 0.3 is 0 Å². The zero-order valence-electron chi connectivity index (χ0n) is 9.82. The molecule has 1 aliphatic heterocycles. The molecule has 0 aliphatic carbocycles. The Labute approximate surface area is 101 Å². The predicted octanol–water partition coefficient (Wildman–Crippen LogP) is 2.61. The second-order valence-corrected chi connectivity index (χ2v) is 5.20. The molecule has 1 fully saturated rings. The molecule has 0 aromatic carbocycles. The van der Waals surface area contributed by atoms with Crippen LogP contribution in [0.2, 0.25) is 0 Å². The molecule has 0 spiro atoms. The van der Waals surface area contributed by atoms with E-state index in [0.717, 1.165) is 19.8 Å². The lowest BCUT2D eigenvalue weighted by Crippen LogP contribution is -2.32. The number of nitrogens with zero attached hydrogens (tertiary/aromatic N) is 1. The molecule has 1 unspecified atom stereocenters. The molecule has 2 rings (SSSR count). The zero-order valence-corrected chi connectivity index (χ0v) is 10.6. The molecule has 1 aromatic heterocycles. The van der Waals surface area contributed by atoms with Crippen molar-refractivity contribution in [1.29, 1.82) is 0 Å². The van der Waals surface area contributed by atoms with Crippen LogP contribution < -0.4 is 5.32 Å². The summed E-state index contributed by atoms with van der Waals surface area (Å²) in [6, 6.07) is 0.483. The van der Waals surface area contributed by atoms with Gasteiger partial charge in [-0.25, -0.2) is 0 Å². The molecule has 16 heavy (non-hydrogen) atoms. The molecule has 0 saturated carbocycles. The zero-order chi connectivity index (χ0) is 11.2. The first-order valence-corrected chi connectivity index (χ1v) is 6.99. The summed E-state index contributed by atoms with van der Waals surface area (Å²) in [7, 11) is 0. The highest BCUT2D eigenvalue weighted by atomic mass is 32.1. The Balaban J connectivity index is 2.01. The van der Waals surface area contributed by atoms with E-state index in [0.29, 0.717) is 12.0 Å². The van der Waals surface area contributed by atoms with Crippen LogP contribution in [0.25, 0.3) is 0 Å². The number of ether oxygens (including phenoxy) is 1. The Morgan fingerprint density at radius 1 is 1.56 bits per heavy atom. The maximum atomic E-state index is 5.43. The van der Waals surface area contributed by atoms with Crippen molar-refractivity contribution in [2.24, 2.45) is 5.92 Å². The number of hydrogen-bond donors (Lipinski definition) is 1. The van der Waals surface area contributed by atoms with E-state index in [1.54, 1.807) is 11.3 Å². The number of hydrogen-bond acceptors (Lipinski definition) is 4. The molecule has 1 aliphatic rings. The average Bonchev–Trinajstić information content (AvgIpc) is 2.85. The van der Waals surface area contributed by atoms with Gasteiger partial charge in [0, 0.05) is 30.3 Å². The van der Waals surface area contributed by atoms with Gasteiger partial charge in [0.2, 0.25) is 0 Å². The smallest absolute Gasteiger partial charge is 0.0794 e. The normalized spacial score (nSPS) is 19.8. The van der Waals surface area contributed by atoms with Gasteiger partial charge in [0.1, 0.15) is 0 Å². The monoisotopic (exact) mass is 240 g/mol. The number of rotatable bonds is 5. The SMILES string of the molecule is CCCNC(c1cncs1)C1CCOCC1. The minimum absolute atomic E-state index is 0.483. The Morgan fingerprint density at radius 3 is 3.00 bits per heavy atom. The fourth-order valence-electron chi connectivity index (χ4n) is 2.23. The van der Waals surface area contributed by atoms with Crippen LogP contribution in [0.4, 0.5) is 0 Å². The maximum Gasteiger partial charge on any atom is 0.0794 e. The largest absolute Gasteiger partial charge is 0.381 e. The van der Waals surface area contributed by atoms with Crippen molar-refractivity contribution < 1.29 is 4.74 Å². The van der Waals surface area contributed by atoms with Crippen molar-refractivity contribution in [3.63, 3.8) is 0 Å². The summed E-state index contributed by atoms with van der Waals surface area (Å²) in [5.41, 5.74) is 1.93. The first-order valence-electron chi connectivity index (χ1n) is 6.11. The predicted molar refractivity (Wildman–Crippen MR) is 66.7 cm³/mol. The second kappa shape index (κ2) is 6.33. The van der Waals surface area contributed by atoms with Crippen molar-refractivity contribution in [2.75, 3.05) is 19.8 Å². The second-order valence-electron chi connectivity index (χ2n) is 4.29. The van der Waals surface area contributed by atoms with Gasteiger partial charge < -0.3 is 10.1 Å². The molecule has 1 atom stereocenters. The molecule has 0 amide bonds. The van der Waals surface area contributed by atoms with E-state index in [2.05, 4.69) is 17.2 Å². The molecular weight excluding hydrogens is 220 g/mol. The molecule has 1 saturated heterocycles. The van der Waals surface area contributed by atoms with E-state index in [1.165, 1.54) is 24.1 Å². The number of thiazole rings is 1. The molecule has 1 N–H and O–H groups in total.